The van der Waals surface area contributed by atoms with Gasteiger partial charge in [-0.05, 0) is 41.5 Å². The van der Waals surface area contributed by atoms with E-state index in [1.54, 1.807) is 24.6 Å². The third-order valence-corrected chi connectivity index (χ3v) is 3.99. The summed E-state index contributed by atoms with van der Waals surface area (Å²) in [6.45, 7) is 1.75. The fourth-order valence-electron chi connectivity index (χ4n) is 2.62. The van der Waals surface area contributed by atoms with Gasteiger partial charge in [0.2, 0.25) is 0 Å². The number of halogens is 1. The molecular weight excluding hydrogens is 324 g/mol. The molecule has 4 nitrogen and oxygen atoms in total. The van der Waals surface area contributed by atoms with Crippen molar-refractivity contribution in [1.82, 2.24) is 9.88 Å². The third-order valence-electron chi connectivity index (χ3n) is 3.75. The van der Waals surface area contributed by atoms with E-state index in [9.17, 15) is 5.11 Å². The Kier molecular flexibility index (Phi) is 5.64. The normalized spacial score (nSPS) is 12.5. The number of aliphatic hydroxyl groups excluding tert-OH is 1. The quantitative estimate of drug-likeness (QED) is 0.703. The van der Waals surface area contributed by atoms with Crippen molar-refractivity contribution in [1.29, 1.82) is 0 Å². The average Bonchev–Trinajstić information content (AvgIpc) is 3.08. The smallest absolute Gasteiger partial charge is 0.117 e. The molecule has 0 fully saturated rings. The number of hydrogen-bond donors (Lipinski definition) is 1. The van der Waals surface area contributed by atoms with Crippen molar-refractivity contribution in [3.63, 3.8) is 0 Å². The molecule has 3 rings (SSSR count). The van der Waals surface area contributed by atoms with Crippen LogP contribution < -0.4 is 0 Å². The lowest BCUT2D eigenvalue weighted by Crippen LogP contribution is -2.28. The first-order valence-electron chi connectivity index (χ1n) is 7.78. The molecule has 5 heteroatoms. The molecule has 1 N–H and O–H groups in total. The molecule has 1 atom stereocenters. The summed E-state index contributed by atoms with van der Waals surface area (Å²) in [7, 11) is 0. The van der Waals surface area contributed by atoms with E-state index in [0.29, 0.717) is 24.7 Å². The molecule has 0 radical (unpaired) electrons. The molecule has 0 aliphatic heterocycles. The highest BCUT2D eigenvalue weighted by Crippen LogP contribution is 2.20. The van der Waals surface area contributed by atoms with Crippen molar-refractivity contribution in [2.24, 2.45) is 0 Å². The molecule has 2 aromatic heterocycles. The fourth-order valence-corrected chi connectivity index (χ4v) is 2.82. The summed E-state index contributed by atoms with van der Waals surface area (Å²) >= 11 is 6.02. The lowest BCUT2D eigenvalue weighted by Gasteiger charge is -2.24. The predicted octanol–water partition coefficient (Wildman–Crippen LogP) is 4.06. The Morgan fingerprint density at radius 3 is 2.75 bits per heavy atom. The summed E-state index contributed by atoms with van der Waals surface area (Å²) in [6, 6.07) is 15.1. The monoisotopic (exact) mass is 342 g/mol. The molecule has 1 unspecified atom stereocenters. The molecule has 1 aromatic carbocycles. The van der Waals surface area contributed by atoms with E-state index in [2.05, 4.69) is 9.88 Å². The number of aromatic nitrogens is 1. The van der Waals surface area contributed by atoms with E-state index in [0.717, 1.165) is 16.9 Å². The van der Waals surface area contributed by atoms with Crippen LogP contribution in [0.4, 0.5) is 0 Å². The fraction of sp³-hybridized carbons (Fsp3) is 0.211. The standard InChI is InChI=1S/C19H19ClN2O2/c20-17-6-1-5-16(10-17)19(23)14-22(13-18-7-3-9-24-18)12-15-4-2-8-21-11-15/h1-11,19,23H,12-14H2. The Labute approximate surface area is 146 Å². The van der Waals surface area contributed by atoms with Gasteiger partial charge in [0.05, 0.1) is 18.9 Å². The third kappa shape index (κ3) is 4.68. The second-order valence-corrected chi connectivity index (χ2v) is 6.12. The number of hydrogen-bond acceptors (Lipinski definition) is 4. The Morgan fingerprint density at radius 1 is 1.12 bits per heavy atom. The van der Waals surface area contributed by atoms with Crippen molar-refractivity contribution in [3.05, 3.63) is 89.1 Å². The zero-order chi connectivity index (χ0) is 16.8. The van der Waals surface area contributed by atoms with Gasteiger partial charge in [0.25, 0.3) is 0 Å². The van der Waals surface area contributed by atoms with E-state index >= 15 is 0 Å². The van der Waals surface area contributed by atoms with Crippen LogP contribution in [0.15, 0.2) is 71.6 Å². The lowest BCUT2D eigenvalue weighted by molar-refractivity contribution is 0.100. The molecule has 0 amide bonds. The molecule has 0 saturated carbocycles. The van der Waals surface area contributed by atoms with E-state index in [-0.39, 0.29) is 0 Å². The largest absolute Gasteiger partial charge is 0.468 e. The van der Waals surface area contributed by atoms with Crippen LogP contribution in [0, 0.1) is 0 Å². The number of aliphatic hydroxyl groups is 1. The summed E-state index contributed by atoms with van der Waals surface area (Å²) in [4.78, 5) is 6.28. The number of furan rings is 1. The first-order chi connectivity index (χ1) is 11.7. The molecule has 3 aromatic rings. The van der Waals surface area contributed by atoms with Gasteiger partial charge >= 0.3 is 0 Å². The van der Waals surface area contributed by atoms with Crippen LogP contribution >= 0.6 is 11.6 Å². The summed E-state index contributed by atoms with van der Waals surface area (Å²) in [5.41, 5.74) is 1.89. The summed E-state index contributed by atoms with van der Waals surface area (Å²) in [6.07, 6.45) is 4.61. The second kappa shape index (κ2) is 8.11. The van der Waals surface area contributed by atoms with Crippen molar-refractivity contribution in [3.8, 4) is 0 Å². The Hall–Kier alpha value is -2.14. The SMILES string of the molecule is OC(CN(Cc1cccnc1)Cc1ccco1)c1cccc(Cl)c1. The molecule has 24 heavy (non-hydrogen) atoms. The minimum Gasteiger partial charge on any atom is -0.468 e. The number of rotatable bonds is 7. The Balaban J connectivity index is 1.73. The van der Waals surface area contributed by atoms with Crippen LogP contribution in [0.2, 0.25) is 5.02 Å². The predicted molar refractivity (Wildman–Crippen MR) is 93.5 cm³/mol. The van der Waals surface area contributed by atoms with E-state index in [4.69, 9.17) is 16.0 Å². The van der Waals surface area contributed by atoms with Crippen LogP contribution in [-0.2, 0) is 13.1 Å². The highest BCUT2D eigenvalue weighted by atomic mass is 35.5. The summed E-state index contributed by atoms with van der Waals surface area (Å²) in [5.74, 6) is 0.859. The maximum Gasteiger partial charge on any atom is 0.117 e. The average molecular weight is 343 g/mol. The lowest BCUT2D eigenvalue weighted by atomic mass is 10.1. The molecule has 0 spiro atoms. The van der Waals surface area contributed by atoms with Crippen LogP contribution in [-0.4, -0.2) is 21.5 Å². The number of nitrogens with zero attached hydrogens (tertiary/aromatic N) is 2. The topological polar surface area (TPSA) is 49.5 Å². The first-order valence-corrected chi connectivity index (χ1v) is 8.15. The molecule has 0 bridgehead atoms. The number of pyridine rings is 1. The molecule has 0 saturated heterocycles. The molecule has 0 aliphatic carbocycles. The molecule has 2 heterocycles. The van der Waals surface area contributed by atoms with Gasteiger partial charge in [-0.15, -0.1) is 0 Å². The van der Waals surface area contributed by atoms with Gasteiger partial charge in [-0.25, -0.2) is 0 Å². The second-order valence-electron chi connectivity index (χ2n) is 5.68. The maximum absolute atomic E-state index is 10.6. The van der Waals surface area contributed by atoms with Crippen molar-refractivity contribution < 1.29 is 9.52 Å². The molecule has 0 aliphatic rings. The van der Waals surface area contributed by atoms with Crippen molar-refractivity contribution >= 4 is 11.6 Å². The van der Waals surface area contributed by atoms with Crippen molar-refractivity contribution in [2.45, 2.75) is 19.2 Å². The Bertz CT molecular complexity index is 747. The van der Waals surface area contributed by atoms with Gasteiger partial charge in [0, 0.05) is 30.5 Å². The highest BCUT2D eigenvalue weighted by molar-refractivity contribution is 6.30. The van der Waals surface area contributed by atoms with Gasteiger partial charge in [-0.2, -0.15) is 0 Å². The summed E-state index contributed by atoms with van der Waals surface area (Å²) < 4.78 is 5.45. The van der Waals surface area contributed by atoms with E-state index in [1.807, 2.05) is 42.6 Å². The van der Waals surface area contributed by atoms with Crippen LogP contribution in [0.1, 0.15) is 23.0 Å². The van der Waals surface area contributed by atoms with E-state index in [1.165, 1.54) is 0 Å². The zero-order valence-electron chi connectivity index (χ0n) is 13.2. The maximum atomic E-state index is 10.6. The molecule has 124 valence electrons. The first kappa shape index (κ1) is 16.7. The highest BCUT2D eigenvalue weighted by Gasteiger charge is 2.16. The van der Waals surface area contributed by atoms with Crippen molar-refractivity contribution in [2.75, 3.05) is 6.54 Å². The molecular formula is C19H19ClN2O2. The van der Waals surface area contributed by atoms with Crippen LogP contribution in [0.5, 0.6) is 0 Å². The van der Waals surface area contributed by atoms with Crippen LogP contribution in [0.3, 0.4) is 0 Å². The number of benzene rings is 1. The minimum absolute atomic E-state index is 0.468. The minimum atomic E-state index is -0.629. The summed E-state index contributed by atoms with van der Waals surface area (Å²) in [5, 5.41) is 11.2. The van der Waals surface area contributed by atoms with E-state index < -0.39 is 6.10 Å². The van der Waals surface area contributed by atoms with Gasteiger partial charge in [0.1, 0.15) is 5.76 Å². The van der Waals surface area contributed by atoms with Gasteiger partial charge in [0.15, 0.2) is 0 Å². The van der Waals surface area contributed by atoms with Gasteiger partial charge in [-0.1, -0.05) is 29.8 Å². The van der Waals surface area contributed by atoms with Crippen LogP contribution in [0.25, 0.3) is 0 Å². The van der Waals surface area contributed by atoms with Gasteiger partial charge < -0.3 is 9.52 Å². The van der Waals surface area contributed by atoms with Gasteiger partial charge in [-0.3, -0.25) is 9.88 Å². The Morgan fingerprint density at radius 2 is 2.04 bits per heavy atom. The zero-order valence-corrected chi connectivity index (χ0v) is 13.9.